The molecule has 1 rings (SSSR count). The zero-order valence-electron chi connectivity index (χ0n) is 7.37. The summed E-state index contributed by atoms with van der Waals surface area (Å²) in [7, 11) is 0. The number of nitrogens with two attached hydrogens (primary N) is 1. The zero-order chi connectivity index (χ0) is 9.84. The number of anilines is 1. The highest BCUT2D eigenvalue weighted by Gasteiger charge is 2.04. The van der Waals surface area contributed by atoms with Crippen LogP contribution < -0.4 is 5.73 Å². The number of nitrogen functional groups attached to an aromatic ring is 1. The van der Waals surface area contributed by atoms with Crippen LogP contribution in [0.25, 0.3) is 0 Å². The smallest absolute Gasteiger partial charge is 0.161 e. The van der Waals surface area contributed by atoms with E-state index >= 15 is 0 Å². The van der Waals surface area contributed by atoms with Crippen LogP contribution in [-0.4, -0.2) is 5.78 Å². The number of nitriles is 1. The normalized spacial score (nSPS) is 9.23. The van der Waals surface area contributed by atoms with Gasteiger partial charge in [0.15, 0.2) is 5.78 Å². The minimum atomic E-state index is -0.0546. The fraction of sp³-hybridized carbons (Fsp3) is 0.200. The zero-order valence-corrected chi connectivity index (χ0v) is 7.37. The maximum atomic E-state index is 11.0. The van der Waals surface area contributed by atoms with Crippen LogP contribution in [-0.2, 0) is 6.42 Å². The molecule has 0 spiro atoms. The summed E-state index contributed by atoms with van der Waals surface area (Å²) in [5.41, 5.74) is 7.42. The van der Waals surface area contributed by atoms with Crippen LogP contribution in [0.15, 0.2) is 18.2 Å². The number of hydrogen-bond donors (Lipinski definition) is 1. The number of benzene rings is 1. The Hall–Kier alpha value is -1.82. The molecule has 2 N–H and O–H groups in total. The molecule has 1 aromatic carbocycles. The van der Waals surface area contributed by atoms with Gasteiger partial charge in [0.25, 0.3) is 0 Å². The molecule has 3 nitrogen and oxygen atoms in total. The van der Waals surface area contributed by atoms with E-state index in [0.29, 0.717) is 17.7 Å². The summed E-state index contributed by atoms with van der Waals surface area (Å²) < 4.78 is 0. The van der Waals surface area contributed by atoms with Crippen LogP contribution >= 0.6 is 0 Å². The third-order valence-electron chi connectivity index (χ3n) is 1.78. The molecule has 0 saturated heterocycles. The number of rotatable bonds is 2. The lowest BCUT2D eigenvalue weighted by Crippen LogP contribution is -2.00. The van der Waals surface area contributed by atoms with E-state index in [4.69, 9.17) is 11.0 Å². The number of carbonyl (C=O) groups is 1. The third-order valence-corrected chi connectivity index (χ3v) is 1.78. The van der Waals surface area contributed by atoms with Gasteiger partial charge in [-0.2, -0.15) is 5.26 Å². The van der Waals surface area contributed by atoms with Crippen LogP contribution in [0.4, 0.5) is 5.69 Å². The summed E-state index contributed by atoms with van der Waals surface area (Å²) in [6.07, 6.45) is 0.322. The first-order valence-electron chi connectivity index (χ1n) is 3.91. The molecule has 0 fully saturated rings. The van der Waals surface area contributed by atoms with Gasteiger partial charge in [-0.15, -0.1) is 0 Å². The Balaban J connectivity index is 3.07. The lowest BCUT2D eigenvalue weighted by Gasteiger charge is -2.02. The number of ketones is 1. The second-order valence-corrected chi connectivity index (χ2v) is 2.81. The minimum absolute atomic E-state index is 0.0546. The Bertz CT molecular complexity index is 377. The average Bonchev–Trinajstić information content (AvgIpc) is 2.04. The Kier molecular flexibility index (Phi) is 2.65. The molecule has 1 aromatic rings. The Morgan fingerprint density at radius 3 is 2.77 bits per heavy atom. The van der Waals surface area contributed by atoms with Crippen molar-refractivity contribution in [3.8, 4) is 6.07 Å². The summed E-state index contributed by atoms with van der Waals surface area (Å²) in [4.78, 5) is 11.0. The SMILES string of the molecule is CC(=O)c1ccc(CC#N)cc1N. The first kappa shape index (κ1) is 9.27. The van der Waals surface area contributed by atoms with Gasteiger partial charge in [-0.25, -0.2) is 0 Å². The highest BCUT2D eigenvalue weighted by molar-refractivity contribution is 5.99. The predicted octanol–water partition coefficient (Wildman–Crippen LogP) is 1.54. The van der Waals surface area contributed by atoms with Crippen molar-refractivity contribution in [1.82, 2.24) is 0 Å². The lowest BCUT2D eigenvalue weighted by atomic mass is 10.1. The van der Waals surface area contributed by atoms with Gasteiger partial charge in [-0.3, -0.25) is 4.79 Å². The van der Waals surface area contributed by atoms with E-state index in [9.17, 15) is 4.79 Å². The molecule has 0 heterocycles. The first-order valence-corrected chi connectivity index (χ1v) is 3.91. The fourth-order valence-corrected chi connectivity index (χ4v) is 1.13. The van der Waals surface area contributed by atoms with Gasteiger partial charge in [0.05, 0.1) is 12.5 Å². The Morgan fingerprint density at radius 2 is 2.31 bits per heavy atom. The summed E-state index contributed by atoms with van der Waals surface area (Å²) in [5.74, 6) is -0.0546. The van der Waals surface area contributed by atoms with Gasteiger partial charge in [-0.1, -0.05) is 6.07 Å². The van der Waals surface area contributed by atoms with Crippen LogP contribution in [0.3, 0.4) is 0 Å². The monoisotopic (exact) mass is 174 g/mol. The number of hydrogen-bond acceptors (Lipinski definition) is 3. The number of carbonyl (C=O) groups excluding carboxylic acids is 1. The molecule has 0 atom stereocenters. The van der Waals surface area contributed by atoms with Gasteiger partial charge in [0.2, 0.25) is 0 Å². The topological polar surface area (TPSA) is 66.9 Å². The van der Waals surface area contributed by atoms with Gasteiger partial charge in [0, 0.05) is 11.3 Å². The maximum Gasteiger partial charge on any atom is 0.161 e. The van der Waals surface area contributed by atoms with Crippen LogP contribution in [0.2, 0.25) is 0 Å². The average molecular weight is 174 g/mol. The second-order valence-electron chi connectivity index (χ2n) is 2.81. The molecule has 3 heteroatoms. The predicted molar refractivity (Wildman–Crippen MR) is 50.2 cm³/mol. The number of nitrogens with zero attached hydrogens (tertiary/aromatic N) is 1. The highest BCUT2D eigenvalue weighted by Crippen LogP contribution is 2.14. The molecule has 0 aromatic heterocycles. The molecular weight excluding hydrogens is 164 g/mol. The van der Waals surface area contributed by atoms with Crippen molar-refractivity contribution in [3.05, 3.63) is 29.3 Å². The largest absolute Gasteiger partial charge is 0.398 e. The van der Waals surface area contributed by atoms with Crippen LogP contribution in [0, 0.1) is 11.3 Å². The van der Waals surface area contributed by atoms with E-state index in [-0.39, 0.29) is 5.78 Å². The van der Waals surface area contributed by atoms with Gasteiger partial charge in [-0.05, 0) is 24.6 Å². The van der Waals surface area contributed by atoms with Crippen LogP contribution in [0.5, 0.6) is 0 Å². The summed E-state index contributed by atoms with van der Waals surface area (Å²) in [6.45, 7) is 1.47. The molecule has 0 aliphatic heterocycles. The molecular formula is C10H10N2O. The fourth-order valence-electron chi connectivity index (χ4n) is 1.13. The van der Waals surface area contributed by atoms with E-state index < -0.39 is 0 Å². The molecule has 13 heavy (non-hydrogen) atoms. The molecule has 66 valence electrons. The second kappa shape index (κ2) is 3.72. The highest BCUT2D eigenvalue weighted by atomic mass is 16.1. The van der Waals surface area contributed by atoms with E-state index in [1.807, 2.05) is 6.07 Å². The minimum Gasteiger partial charge on any atom is -0.398 e. The molecule has 0 radical (unpaired) electrons. The standard InChI is InChI=1S/C10H10N2O/c1-7(13)9-3-2-8(4-5-11)6-10(9)12/h2-3,6H,4,12H2,1H3. The Labute approximate surface area is 76.8 Å². The molecule has 0 aliphatic carbocycles. The van der Waals surface area contributed by atoms with Crippen molar-refractivity contribution in [2.75, 3.05) is 5.73 Å². The maximum absolute atomic E-state index is 11.0. The van der Waals surface area contributed by atoms with Gasteiger partial charge < -0.3 is 5.73 Å². The first-order chi connectivity index (χ1) is 6.15. The lowest BCUT2D eigenvalue weighted by molar-refractivity contribution is 0.101. The van der Waals surface area contributed by atoms with Gasteiger partial charge >= 0.3 is 0 Å². The molecule has 0 saturated carbocycles. The third kappa shape index (κ3) is 2.06. The Morgan fingerprint density at radius 1 is 1.62 bits per heavy atom. The van der Waals surface area contributed by atoms with E-state index in [0.717, 1.165) is 5.56 Å². The van der Waals surface area contributed by atoms with Crippen molar-refractivity contribution in [2.24, 2.45) is 0 Å². The molecule has 0 aliphatic rings. The molecule has 0 amide bonds. The van der Waals surface area contributed by atoms with Crippen molar-refractivity contribution in [2.45, 2.75) is 13.3 Å². The van der Waals surface area contributed by atoms with Crippen LogP contribution in [0.1, 0.15) is 22.8 Å². The van der Waals surface area contributed by atoms with Crippen molar-refractivity contribution >= 4 is 11.5 Å². The van der Waals surface area contributed by atoms with E-state index in [1.54, 1.807) is 18.2 Å². The summed E-state index contributed by atoms with van der Waals surface area (Å²) in [5, 5.41) is 8.43. The van der Waals surface area contributed by atoms with Gasteiger partial charge in [0.1, 0.15) is 0 Å². The summed E-state index contributed by atoms with van der Waals surface area (Å²) >= 11 is 0. The number of Topliss-reactive ketones (excluding diaryl/α,β-unsaturated/α-hetero) is 1. The van der Waals surface area contributed by atoms with Crippen molar-refractivity contribution in [3.63, 3.8) is 0 Å². The van der Waals surface area contributed by atoms with E-state index in [2.05, 4.69) is 0 Å². The van der Waals surface area contributed by atoms with Crippen molar-refractivity contribution in [1.29, 1.82) is 5.26 Å². The summed E-state index contributed by atoms with van der Waals surface area (Å²) in [6, 6.07) is 7.09. The molecule has 0 unspecified atom stereocenters. The van der Waals surface area contributed by atoms with Crippen molar-refractivity contribution < 1.29 is 4.79 Å². The molecule has 0 bridgehead atoms. The quantitative estimate of drug-likeness (QED) is 0.546. The van der Waals surface area contributed by atoms with E-state index in [1.165, 1.54) is 6.92 Å².